The van der Waals surface area contributed by atoms with Crippen LogP contribution in [0.2, 0.25) is 5.02 Å². The number of nitrogens with one attached hydrogen (secondary N) is 1. The highest BCUT2D eigenvalue weighted by atomic mass is 35.5. The highest BCUT2D eigenvalue weighted by Crippen LogP contribution is 2.20. The second-order valence-corrected chi connectivity index (χ2v) is 5.68. The zero-order chi connectivity index (χ0) is 15.5. The van der Waals surface area contributed by atoms with E-state index in [1.165, 1.54) is 0 Å². The lowest BCUT2D eigenvalue weighted by atomic mass is 10.1. The van der Waals surface area contributed by atoms with E-state index in [0.717, 1.165) is 22.4 Å². The van der Waals surface area contributed by atoms with Gasteiger partial charge in [0.25, 0.3) is 0 Å². The molecule has 5 heteroatoms. The zero-order valence-electron chi connectivity index (χ0n) is 12.3. The Labute approximate surface area is 134 Å². The van der Waals surface area contributed by atoms with Gasteiger partial charge in [-0.25, -0.2) is 4.98 Å². The number of fused-ring (bicyclic) bond motifs is 1. The van der Waals surface area contributed by atoms with Crippen LogP contribution in [0.15, 0.2) is 48.5 Å². The van der Waals surface area contributed by atoms with Gasteiger partial charge in [0.2, 0.25) is 0 Å². The van der Waals surface area contributed by atoms with Crippen LogP contribution in [0.3, 0.4) is 0 Å². The van der Waals surface area contributed by atoms with Crippen molar-refractivity contribution in [2.75, 3.05) is 6.61 Å². The van der Waals surface area contributed by atoms with Gasteiger partial charge in [-0.1, -0.05) is 41.9 Å². The van der Waals surface area contributed by atoms with Crippen molar-refractivity contribution in [2.45, 2.75) is 12.6 Å². The molecule has 0 bridgehead atoms. The van der Waals surface area contributed by atoms with Gasteiger partial charge in [-0.15, -0.1) is 0 Å². The Morgan fingerprint density at radius 1 is 1.23 bits per heavy atom. The molecular weight excluding hydrogens is 298 g/mol. The molecule has 0 fully saturated rings. The van der Waals surface area contributed by atoms with Gasteiger partial charge in [0, 0.05) is 12.1 Å². The summed E-state index contributed by atoms with van der Waals surface area (Å²) in [5.74, 6) is 0.909. The first kappa shape index (κ1) is 15.0. The molecule has 0 amide bonds. The highest BCUT2D eigenvalue weighted by molar-refractivity contribution is 6.31. The number of imidazole rings is 1. The molecule has 3 aromatic rings. The van der Waals surface area contributed by atoms with Crippen LogP contribution in [0.1, 0.15) is 17.4 Å². The van der Waals surface area contributed by atoms with Crippen molar-refractivity contribution in [1.29, 1.82) is 0 Å². The van der Waals surface area contributed by atoms with Crippen LogP contribution in [0, 0.1) is 0 Å². The predicted octanol–water partition coefficient (Wildman–Crippen LogP) is 3.05. The molecule has 114 valence electrons. The van der Waals surface area contributed by atoms with Crippen LogP contribution in [0.5, 0.6) is 0 Å². The van der Waals surface area contributed by atoms with Crippen LogP contribution in [-0.4, -0.2) is 21.3 Å². The smallest absolute Gasteiger partial charge is 0.123 e. The summed E-state index contributed by atoms with van der Waals surface area (Å²) >= 11 is 6.01. The van der Waals surface area contributed by atoms with Crippen molar-refractivity contribution in [3.05, 3.63) is 64.9 Å². The number of hydrogen-bond donors (Lipinski definition) is 2. The van der Waals surface area contributed by atoms with Gasteiger partial charge in [0.15, 0.2) is 0 Å². The van der Waals surface area contributed by atoms with E-state index in [2.05, 4.69) is 10.3 Å². The summed E-state index contributed by atoms with van der Waals surface area (Å²) in [6.45, 7) is 0.614. The molecule has 0 radical (unpaired) electrons. The number of nitrogens with zero attached hydrogens (tertiary/aromatic N) is 2. The van der Waals surface area contributed by atoms with E-state index in [1.807, 2.05) is 60.1 Å². The first-order valence-electron chi connectivity index (χ1n) is 7.19. The maximum absolute atomic E-state index is 9.60. The van der Waals surface area contributed by atoms with Crippen LogP contribution in [0.25, 0.3) is 11.0 Å². The minimum Gasteiger partial charge on any atom is -0.394 e. The molecule has 0 saturated carbocycles. The third kappa shape index (κ3) is 2.99. The van der Waals surface area contributed by atoms with Crippen molar-refractivity contribution in [3.8, 4) is 0 Å². The Bertz CT molecular complexity index is 770. The van der Waals surface area contributed by atoms with E-state index in [0.29, 0.717) is 11.6 Å². The summed E-state index contributed by atoms with van der Waals surface area (Å²) in [4.78, 5) is 4.61. The molecule has 1 aromatic heterocycles. The number of benzene rings is 2. The topological polar surface area (TPSA) is 50.1 Å². The minimum atomic E-state index is -0.107. The molecule has 1 atom stereocenters. The molecule has 3 rings (SSSR count). The van der Waals surface area contributed by atoms with Crippen molar-refractivity contribution in [3.63, 3.8) is 0 Å². The molecule has 0 spiro atoms. The number of aliphatic hydroxyl groups is 1. The monoisotopic (exact) mass is 315 g/mol. The Morgan fingerprint density at radius 3 is 2.73 bits per heavy atom. The lowest BCUT2D eigenvalue weighted by Gasteiger charge is -2.16. The lowest BCUT2D eigenvalue weighted by molar-refractivity contribution is 0.242. The SMILES string of the molecule is Cn1c(CNC(CO)c2ccccc2)nc2cc(Cl)ccc21. The molecule has 22 heavy (non-hydrogen) atoms. The predicted molar refractivity (Wildman–Crippen MR) is 88.8 cm³/mol. The van der Waals surface area contributed by atoms with Crippen molar-refractivity contribution in [2.24, 2.45) is 7.05 Å². The third-order valence-electron chi connectivity index (χ3n) is 3.83. The van der Waals surface area contributed by atoms with Crippen LogP contribution in [0.4, 0.5) is 0 Å². The molecule has 0 saturated heterocycles. The van der Waals surface area contributed by atoms with Gasteiger partial charge in [0.05, 0.1) is 30.2 Å². The normalized spacial score (nSPS) is 12.7. The first-order valence-corrected chi connectivity index (χ1v) is 7.57. The Balaban J connectivity index is 1.80. The van der Waals surface area contributed by atoms with E-state index in [9.17, 15) is 5.11 Å². The maximum atomic E-state index is 9.60. The summed E-state index contributed by atoms with van der Waals surface area (Å²) in [5, 5.41) is 13.6. The summed E-state index contributed by atoms with van der Waals surface area (Å²) < 4.78 is 2.04. The van der Waals surface area contributed by atoms with E-state index in [-0.39, 0.29) is 12.6 Å². The average Bonchev–Trinajstić information content (AvgIpc) is 2.84. The quantitative estimate of drug-likeness (QED) is 0.761. The molecule has 4 nitrogen and oxygen atoms in total. The van der Waals surface area contributed by atoms with Crippen molar-refractivity contribution >= 4 is 22.6 Å². The Kier molecular flexibility index (Phi) is 4.43. The van der Waals surface area contributed by atoms with Gasteiger partial charge in [-0.05, 0) is 23.8 Å². The largest absolute Gasteiger partial charge is 0.394 e. The fraction of sp³-hybridized carbons (Fsp3) is 0.235. The lowest BCUT2D eigenvalue weighted by Crippen LogP contribution is -2.25. The molecule has 2 aromatic carbocycles. The van der Waals surface area contributed by atoms with Crippen molar-refractivity contribution < 1.29 is 5.11 Å². The summed E-state index contributed by atoms with van der Waals surface area (Å²) in [5.41, 5.74) is 2.99. The van der Waals surface area contributed by atoms with E-state index in [1.54, 1.807) is 0 Å². The second kappa shape index (κ2) is 6.48. The Morgan fingerprint density at radius 2 is 2.00 bits per heavy atom. The first-order chi connectivity index (χ1) is 10.7. The van der Waals surface area contributed by atoms with Gasteiger partial charge >= 0.3 is 0 Å². The van der Waals surface area contributed by atoms with Crippen molar-refractivity contribution in [1.82, 2.24) is 14.9 Å². The van der Waals surface area contributed by atoms with Gasteiger partial charge in [-0.3, -0.25) is 0 Å². The van der Waals surface area contributed by atoms with E-state index in [4.69, 9.17) is 11.6 Å². The summed E-state index contributed by atoms with van der Waals surface area (Å²) in [6.07, 6.45) is 0. The fourth-order valence-corrected chi connectivity index (χ4v) is 2.73. The van der Waals surface area contributed by atoms with Gasteiger partial charge in [-0.2, -0.15) is 0 Å². The van der Waals surface area contributed by atoms with E-state index >= 15 is 0 Å². The van der Waals surface area contributed by atoms with Crippen LogP contribution in [-0.2, 0) is 13.6 Å². The number of halogens is 1. The number of aromatic nitrogens is 2. The third-order valence-corrected chi connectivity index (χ3v) is 4.06. The average molecular weight is 316 g/mol. The van der Waals surface area contributed by atoms with Crippen LogP contribution >= 0.6 is 11.6 Å². The van der Waals surface area contributed by atoms with Gasteiger partial charge < -0.3 is 15.0 Å². The molecular formula is C17H18ClN3O. The number of hydrogen-bond acceptors (Lipinski definition) is 3. The number of aryl methyl sites for hydroxylation is 1. The maximum Gasteiger partial charge on any atom is 0.123 e. The van der Waals surface area contributed by atoms with E-state index < -0.39 is 0 Å². The minimum absolute atomic E-state index is 0.0415. The molecule has 2 N–H and O–H groups in total. The summed E-state index contributed by atoms with van der Waals surface area (Å²) in [6, 6.07) is 15.5. The summed E-state index contributed by atoms with van der Waals surface area (Å²) in [7, 11) is 1.98. The zero-order valence-corrected chi connectivity index (χ0v) is 13.1. The van der Waals surface area contributed by atoms with Gasteiger partial charge in [0.1, 0.15) is 5.82 Å². The molecule has 0 aliphatic rings. The number of rotatable bonds is 5. The molecule has 0 aliphatic carbocycles. The standard InChI is InChI=1S/C17H18ClN3O/c1-21-16-8-7-13(18)9-14(16)20-17(21)10-19-15(11-22)12-5-3-2-4-6-12/h2-9,15,19,22H,10-11H2,1H3. The molecule has 0 aliphatic heterocycles. The number of aliphatic hydroxyl groups excluding tert-OH is 1. The van der Waals surface area contributed by atoms with Crippen LogP contribution < -0.4 is 5.32 Å². The molecule has 1 unspecified atom stereocenters. The Hall–Kier alpha value is -1.88. The second-order valence-electron chi connectivity index (χ2n) is 5.25. The molecule has 1 heterocycles. The fourth-order valence-electron chi connectivity index (χ4n) is 2.57. The highest BCUT2D eigenvalue weighted by Gasteiger charge is 2.12.